The lowest BCUT2D eigenvalue weighted by molar-refractivity contribution is -0.145. The highest BCUT2D eigenvalue weighted by Gasteiger charge is 2.30. The van der Waals surface area contributed by atoms with Crippen LogP contribution in [0, 0.1) is 5.92 Å². The van der Waals surface area contributed by atoms with Gasteiger partial charge in [0.25, 0.3) is 0 Å². The molecular weight excluding hydrogens is 350 g/mol. The number of nitrogens with one attached hydrogen (secondary N) is 2. The first kappa shape index (κ1) is 22.6. The van der Waals surface area contributed by atoms with Gasteiger partial charge in [-0.1, -0.05) is 44.2 Å². The Morgan fingerprint density at radius 3 is 2.11 bits per heavy atom. The van der Waals surface area contributed by atoms with E-state index in [-0.39, 0.29) is 5.92 Å². The maximum atomic E-state index is 12.5. The molecule has 0 spiro atoms. The summed E-state index contributed by atoms with van der Waals surface area (Å²) in [5, 5.41) is 23.5. The molecule has 0 saturated carbocycles. The van der Waals surface area contributed by atoms with E-state index in [0.717, 1.165) is 5.56 Å². The molecule has 8 nitrogen and oxygen atoms in total. The molecule has 8 heteroatoms. The molecule has 1 aromatic carbocycles. The van der Waals surface area contributed by atoms with Crippen molar-refractivity contribution in [3.05, 3.63) is 35.9 Å². The van der Waals surface area contributed by atoms with Crippen molar-refractivity contribution in [3.63, 3.8) is 0 Å². The molecule has 4 atom stereocenters. The van der Waals surface area contributed by atoms with Gasteiger partial charge in [0, 0.05) is 0 Å². The summed E-state index contributed by atoms with van der Waals surface area (Å²) in [5.74, 6) is -2.45. The number of hydrogen-bond acceptors (Lipinski definition) is 5. The number of aliphatic hydroxyl groups excluding tert-OH is 1. The lowest BCUT2D eigenvalue weighted by atomic mass is 10.0. The number of rotatable bonds is 10. The number of aliphatic hydroxyl groups is 1. The Morgan fingerprint density at radius 2 is 1.63 bits per heavy atom. The normalized spacial score (nSPS) is 15.5. The van der Waals surface area contributed by atoms with Gasteiger partial charge in [-0.2, -0.15) is 0 Å². The van der Waals surface area contributed by atoms with Gasteiger partial charge >= 0.3 is 5.97 Å². The second-order valence-electron chi connectivity index (χ2n) is 7.05. The van der Waals surface area contributed by atoms with Crippen molar-refractivity contribution in [1.82, 2.24) is 10.6 Å². The highest BCUT2D eigenvalue weighted by molar-refractivity contribution is 5.92. The third kappa shape index (κ3) is 7.76. The van der Waals surface area contributed by atoms with Crippen LogP contribution in [-0.2, 0) is 20.8 Å². The highest BCUT2D eigenvalue weighted by Crippen LogP contribution is 2.08. The van der Waals surface area contributed by atoms with Crippen molar-refractivity contribution < 1.29 is 24.6 Å². The Labute approximate surface area is 159 Å². The molecule has 0 fully saturated rings. The molecule has 0 aromatic heterocycles. The Balaban J connectivity index is 2.79. The number of nitrogens with two attached hydrogens (primary N) is 1. The first-order chi connectivity index (χ1) is 12.6. The number of carbonyl (C=O) groups excluding carboxylic acids is 2. The molecule has 2 amide bonds. The molecule has 0 aliphatic heterocycles. The summed E-state index contributed by atoms with van der Waals surface area (Å²) < 4.78 is 0. The minimum atomic E-state index is -1.46. The SMILES string of the molecule is CC(C)C[C@H](NC(=O)[C@@H](N)Cc1ccccc1)C(=O)N[C@H](C(=O)O)[C@@H](C)O. The van der Waals surface area contributed by atoms with Crippen LogP contribution in [0.1, 0.15) is 32.8 Å². The number of hydrogen-bond donors (Lipinski definition) is 5. The minimum Gasteiger partial charge on any atom is -0.480 e. The van der Waals surface area contributed by atoms with Crippen LogP contribution in [0.2, 0.25) is 0 Å². The van der Waals surface area contributed by atoms with E-state index >= 15 is 0 Å². The lowest BCUT2D eigenvalue weighted by Crippen LogP contribution is -2.57. The van der Waals surface area contributed by atoms with Gasteiger partial charge in [0.2, 0.25) is 11.8 Å². The summed E-state index contributed by atoms with van der Waals surface area (Å²) in [5.41, 5.74) is 6.84. The van der Waals surface area contributed by atoms with E-state index in [2.05, 4.69) is 10.6 Å². The van der Waals surface area contributed by atoms with Crippen LogP contribution in [0.3, 0.4) is 0 Å². The maximum Gasteiger partial charge on any atom is 0.328 e. The zero-order valence-electron chi connectivity index (χ0n) is 15.9. The standard InChI is InChI=1S/C19H29N3O5/c1-11(2)9-15(18(25)22-16(12(3)23)19(26)27)21-17(24)14(20)10-13-7-5-4-6-8-13/h4-8,11-12,14-16,23H,9-10,20H2,1-3H3,(H,21,24)(H,22,25)(H,26,27)/t12-,14+,15+,16+/m1/s1. The number of carboxylic acids is 1. The molecule has 0 aliphatic carbocycles. The van der Waals surface area contributed by atoms with Crippen LogP contribution in [0.15, 0.2) is 30.3 Å². The van der Waals surface area contributed by atoms with Gasteiger partial charge < -0.3 is 26.6 Å². The third-order valence-electron chi connectivity index (χ3n) is 4.02. The van der Waals surface area contributed by atoms with E-state index in [1.807, 2.05) is 44.2 Å². The first-order valence-electron chi connectivity index (χ1n) is 8.93. The first-order valence-corrected chi connectivity index (χ1v) is 8.93. The topological polar surface area (TPSA) is 142 Å². The predicted molar refractivity (Wildman–Crippen MR) is 101 cm³/mol. The lowest BCUT2D eigenvalue weighted by Gasteiger charge is -2.25. The van der Waals surface area contributed by atoms with Crippen LogP contribution in [-0.4, -0.2) is 52.2 Å². The van der Waals surface area contributed by atoms with Crippen molar-refractivity contribution in [2.45, 2.75) is 57.8 Å². The van der Waals surface area contributed by atoms with E-state index in [1.54, 1.807) is 0 Å². The van der Waals surface area contributed by atoms with Crippen molar-refractivity contribution in [3.8, 4) is 0 Å². The fourth-order valence-corrected chi connectivity index (χ4v) is 2.58. The summed E-state index contributed by atoms with van der Waals surface area (Å²) in [7, 11) is 0. The van der Waals surface area contributed by atoms with Crippen LogP contribution < -0.4 is 16.4 Å². The Hall–Kier alpha value is -2.45. The van der Waals surface area contributed by atoms with Gasteiger partial charge in [0.15, 0.2) is 6.04 Å². The van der Waals surface area contributed by atoms with Gasteiger partial charge in [-0.15, -0.1) is 0 Å². The number of benzene rings is 1. The van der Waals surface area contributed by atoms with Gasteiger partial charge in [0.05, 0.1) is 12.1 Å². The molecule has 0 radical (unpaired) electrons. The average molecular weight is 379 g/mol. The molecule has 0 aliphatic rings. The molecule has 1 rings (SSSR count). The van der Waals surface area contributed by atoms with Crippen LogP contribution in [0.25, 0.3) is 0 Å². The summed E-state index contributed by atoms with van der Waals surface area (Å²) in [6.07, 6.45) is -0.655. The minimum absolute atomic E-state index is 0.0706. The Bertz CT molecular complexity index is 633. The number of carboxylic acid groups (broad SMARTS) is 1. The van der Waals surface area contributed by atoms with Crippen molar-refractivity contribution >= 4 is 17.8 Å². The summed E-state index contributed by atoms with van der Waals surface area (Å²) >= 11 is 0. The van der Waals surface area contributed by atoms with E-state index < -0.39 is 42.0 Å². The van der Waals surface area contributed by atoms with Gasteiger partial charge in [-0.05, 0) is 31.2 Å². The molecule has 0 saturated heterocycles. The summed E-state index contributed by atoms with van der Waals surface area (Å²) in [6.45, 7) is 5.02. The number of carbonyl (C=O) groups is 3. The second kappa shape index (κ2) is 10.6. The van der Waals surface area contributed by atoms with Crippen molar-refractivity contribution in [2.75, 3.05) is 0 Å². The van der Waals surface area contributed by atoms with Crippen molar-refractivity contribution in [2.24, 2.45) is 11.7 Å². The van der Waals surface area contributed by atoms with E-state index in [1.165, 1.54) is 6.92 Å². The Kier molecular flexibility index (Phi) is 8.90. The summed E-state index contributed by atoms with van der Waals surface area (Å²) in [4.78, 5) is 36.1. The fourth-order valence-electron chi connectivity index (χ4n) is 2.58. The fraction of sp³-hybridized carbons (Fsp3) is 0.526. The third-order valence-corrected chi connectivity index (χ3v) is 4.02. The van der Waals surface area contributed by atoms with Crippen LogP contribution in [0.4, 0.5) is 0 Å². The molecule has 150 valence electrons. The van der Waals surface area contributed by atoms with Gasteiger partial charge in [-0.25, -0.2) is 4.79 Å². The Morgan fingerprint density at radius 1 is 1.04 bits per heavy atom. The summed E-state index contributed by atoms with van der Waals surface area (Å²) in [6, 6.07) is 6.01. The van der Waals surface area contributed by atoms with Gasteiger partial charge in [-0.3, -0.25) is 9.59 Å². The molecule has 0 heterocycles. The van der Waals surface area contributed by atoms with E-state index in [9.17, 15) is 19.5 Å². The van der Waals surface area contributed by atoms with Crippen LogP contribution >= 0.6 is 0 Å². The monoisotopic (exact) mass is 379 g/mol. The molecule has 0 unspecified atom stereocenters. The van der Waals surface area contributed by atoms with Crippen molar-refractivity contribution in [1.29, 1.82) is 0 Å². The number of amides is 2. The average Bonchev–Trinajstić information content (AvgIpc) is 2.58. The second-order valence-corrected chi connectivity index (χ2v) is 7.05. The smallest absolute Gasteiger partial charge is 0.328 e. The molecular formula is C19H29N3O5. The van der Waals surface area contributed by atoms with E-state index in [0.29, 0.717) is 12.8 Å². The maximum absolute atomic E-state index is 12.5. The molecule has 6 N–H and O–H groups in total. The molecule has 27 heavy (non-hydrogen) atoms. The largest absolute Gasteiger partial charge is 0.480 e. The quantitative estimate of drug-likeness (QED) is 0.388. The number of aliphatic carboxylic acids is 1. The van der Waals surface area contributed by atoms with Crippen LogP contribution in [0.5, 0.6) is 0 Å². The predicted octanol–water partition coefficient (Wildman–Crippen LogP) is 0.0375. The highest BCUT2D eigenvalue weighted by atomic mass is 16.4. The molecule has 0 bridgehead atoms. The van der Waals surface area contributed by atoms with Gasteiger partial charge in [0.1, 0.15) is 6.04 Å². The molecule has 1 aromatic rings. The van der Waals surface area contributed by atoms with E-state index in [4.69, 9.17) is 10.8 Å². The zero-order chi connectivity index (χ0) is 20.6. The zero-order valence-corrected chi connectivity index (χ0v) is 15.9.